The van der Waals surface area contributed by atoms with E-state index in [4.69, 9.17) is 16.6 Å². The Morgan fingerprint density at radius 2 is 2.14 bits per heavy atom. The van der Waals surface area contributed by atoms with Gasteiger partial charge < -0.3 is 15.6 Å². The van der Waals surface area contributed by atoms with Crippen molar-refractivity contribution in [1.29, 1.82) is 0 Å². The van der Waals surface area contributed by atoms with E-state index < -0.39 is 6.43 Å². The first-order valence-electron chi connectivity index (χ1n) is 9.86. The Morgan fingerprint density at radius 1 is 1.36 bits per heavy atom. The van der Waals surface area contributed by atoms with Gasteiger partial charge in [0.2, 0.25) is 0 Å². The van der Waals surface area contributed by atoms with Crippen LogP contribution in [0.5, 0.6) is 0 Å². The van der Waals surface area contributed by atoms with Crippen LogP contribution in [-0.2, 0) is 6.42 Å². The van der Waals surface area contributed by atoms with Gasteiger partial charge in [0.1, 0.15) is 0 Å². The molecule has 0 radical (unpaired) electrons. The van der Waals surface area contributed by atoms with E-state index in [1.165, 1.54) is 5.56 Å². The number of fused-ring (bicyclic) bond motifs is 1. The van der Waals surface area contributed by atoms with Gasteiger partial charge in [-0.3, -0.25) is 9.89 Å². The lowest BCUT2D eigenvalue weighted by Crippen LogP contribution is -2.49. The molecule has 0 bridgehead atoms. The molecule has 2 heterocycles. The number of guanidine groups is 1. The van der Waals surface area contributed by atoms with E-state index in [0.29, 0.717) is 19.6 Å². The van der Waals surface area contributed by atoms with Crippen LogP contribution in [0.1, 0.15) is 25.3 Å². The number of halogens is 3. The molecule has 0 spiro atoms. The lowest BCUT2D eigenvalue weighted by atomic mass is 10.1. The van der Waals surface area contributed by atoms with Crippen molar-refractivity contribution in [1.82, 2.24) is 20.5 Å². The second kappa shape index (κ2) is 10.1. The predicted octanol–water partition coefficient (Wildman–Crippen LogP) is 3.65. The summed E-state index contributed by atoms with van der Waals surface area (Å²) in [4.78, 5) is 9.79. The number of alkyl halides is 2. The first kappa shape index (κ1) is 20.9. The van der Waals surface area contributed by atoms with E-state index in [1.54, 1.807) is 0 Å². The van der Waals surface area contributed by atoms with Crippen LogP contribution in [0.4, 0.5) is 8.78 Å². The topological polar surface area (TPSA) is 55.5 Å². The number of hydrogen-bond donors (Lipinski definition) is 3. The van der Waals surface area contributed by atoms with Crippen LogP contribution in [0.25, 0.3) is 10.9 Å². The summed E-state index contributed by atoms with van der Waals surface area (Å²) in [7, 11) is 0. The quantitative estimate of drug-likeness (QED) is 0.481. The molecular weight excluding hydrogens is 384 g/mol. The van der Waals surface area contributed by atoms with Crippen LogP contribution in [0.3, 0.4) is 0 Å². The number of hydrogen-bond acceptors (Lipinski definition) is 2. The molecule has 1 aliphatic heterocycles. The van der Waals surface area contributed by atoms with Gasteiger partial charge in [0.15, 0.2) is 5.96 Å². The highest BCUT2D eigenvalue weighted by Gasteiger charge is 2.21. The molecule has 0 amide bonds. The van der Waals surface area contributed by atoms with Crippen molar-refractivity contribution in [2.24, 2.45) is 4.99 Å². The molecule has 1 saturated heterocycles. The van der Waals surface area contributed by atoms with Crippen molar-refractivity contribution in [3.63, 3.8) is 0 Å². The van der Waals surface area contributed by atoms with Crippen LogP contribution in [0.2, 0.25) is 5.02 Å². The van der Waals surface area contributed by atoms with Gasteiger partial charge in [0.25, 0.3) is 6.43 Å². The fourth-order valence-electron chi connectivity index (χ4n) is 3.61. The third kappa shape index (κ3) is 5.82. The number of aromatic nitrogens is 1. The van der Waals surface area contributed by atoms with E-state index in [-0.39, 0.29) is 12.6 Å². The molecule has 3 rings (SSSR count). The standard InChI is InChI=1S/C20H28ClF2N5/c1-2-24-20(27-16-6-9-28(10-7-16)13-19(22)23)25-8-5-14-12-26-18-4-3-15(21)11-17(14)18/h3-4,11-12,16,19,26H,2,5-10,13H2,1H3,(H2,24,25,27). The first-order chi connectivity index (χ1) is 13.5. The SMILES string of the molecule is CCNC(=NCCc1c[nH]c2ccc(Cl)cc12)NC1CCN(CC(F)F)CC1. The summed E-state index contributed by atoms with van der Waals surface area (Å²) in [6.45, 7) is 4.71. The lowest BCUT2D eigenvalue weighted by molar-refractivity contribution is 0.0744. The fraction of sp³-hybridized carbons (Fsp3) is 0.550. The molecule has 1 fully saturated rings. The Kier molecular flexibility index (Phi) is 7.50. The number of benzene rings is 1. The van der Waals surface area contributed by atoms with E-state index >= 15 is 0 Å². The largest absolute Gasteiger partial charge is 0.361 e. The Balaban J connectivity index is 1.53. The third-order valence-electron chi connectivity index (χ3n) is 5.05. The molecular formula is C20H28ClF2N5. The van der Waals surface area contributed by atoms with E-state index in [1.807, 2.05) is 36.2 Å². The first-order valence-corrected chi connectivity index (χ1v) is 10.2. The Morgan fingerprint density at radius 3 is 2.86 bits per heavy atom. The Hall–Kier alpha value is -1.86. The van der Waals surface area contributed by atoms with Crippen molar-refractivity contribution in [3.05, 3.63) is 35.0 Å². The third-order valence-corrected chi connectivity index (χ3v) is 5.28. The molecule has 28 heavy (non-hydrogen) atoms. The summed E-state index contributed by atoms with van der Waals surface area (Å²) < 4.78 is 25.0. The number of piperidine rings is 1. The fourth-order valence-corrected chi connectivity index (χ4v) is 3.79. The van der Waals surface area contributed by atoms with Gasteiger partial charge in [-0.1, -0.05) is 11.6 Å². The van der Waals surface area contributed by atoms with Crippen molar-refractivity contribution in [2.75, 3.05) is 32.7 Å². The monoisotopic (exact) mass is 411 g/mol. The molecule has 0 saturated carbocycles. The van der Waals surface area contributed by atoms with Gasteiger partial charge in [-0.05, 0) is 49.9 Å². The van der Waals surface area contributed by atoms with Crippen molar-refractivity contribution in [2.45, 2.75) is 38.7 Å². The van der Waals surface area contributed by atoms with Gasteiger partial charge >= 0.3 is 0 Å². The smallest absolute Gasteiger partial charge is 0.251 e. The van der Waals surface area contributed by atoms with E-state index in [2.05, 4.69) is 15.6 Å². The minimum atomic E-state index is -2.26. The highest BCUT2D eigenvalue weighted by molar-refractivity contribution is 6.31. The van der Waals surface area contributed by atoms with Gasteiger partial charge in [0, 0.05) is 54.3 Å². The molecule has 1 aliphatic rings. The number of likely N-dealkylation sites (tertiary alicyclic amines) is 1. The maximum absolute atomic E-state index is 12.5. The van der Waals surface area contributed by atoms with Crippen LogP contribution in [0.15, 0.2) is 29.4 Å². The molecule has 8 heteroatoms. The number of aromatic amines is 1. The zero-order valence-electron chi connectivity index (χ0n) is 16.1. The van der Waals surface area contributed by atoms with E-state index in [0.717, 1.165) is 47.7 Å². The molecule has 154 valence electrons. The second-order valence-electron chi connectivity index (χ2n) is 7.12. The number of H-pyrrole nitrogens is 1. The maximum Gasteiger partial charge on any atom is 0.251 e. The molecule has 1 aromatic carbocycles. The van der Waals surface area contributed by atoms with Crippen LogP contribution < -0.4 is 10.6 Å². The van der Waals surface area contributed by atoms with Crippen LogP contribution in [0, 0.1) is 0 Å². The zero-order valence-corrected chi connectivity index (χ0v) is 16.9. The van der Waals surface area contributed by atoms with Gasteiger partial charge in [0.05, 0.1) is 6.54 Å². The summed E-state index contributed by atoms with van der Waals surface area (Å²) in [5, 5.41) is 8.59. The summed E-state index contributed by atoms with van der Waals surface area (Å²) in [5.74, 6) is 0.785. The molecule has 1 aromatic heterocycles. The second-order valence-corrected chi connectivity index (χ2v) is 7.56. The maximum atomic E-state index is 12.5. The number of aliphatic imine (C=N–C) groups is 1. The van der Waals surface area contributed by atoms with Crippen LogP contribution >= 0.6 is 11.6 Å². The highest BCUT2D eigenvalue weighted by atomic mass is 35.5. The Bertz CT molecular complexity index is 784. The molecule has 0 atom stereocenters. The molecule has 5 nitrogen and oxygen atoms in total. The Labute approximate surface area is 169 Å². The highest BCUT2D eigenvalue weighted by Crippen LogP contribution is 2.22. The van der Waals surface area contributed by atoms with Gasteiger partial charge in [-0.15, -0.1) is 0 Å². The normalized spacial score (nSPS) is 16.8. The summed E-state index contributed by atoms with van der Waals surface area (Å²) >= 11 is 6.11. The molecule has 3 N–H and O–H groups in total. The number of nitrogens with zero attached hydrogens (tertiary/aromatic N) is 2. The minimum absolute atomic E-state index is 0.129. The summed E-state index contributed by atoms with van der Waals surface area (Å²) in [6, 6.07) is 6.10. The average molecular weight is 412 g/mol. The predicted molar refractivity (Wildman–Crippen MR) is 112 cm³/mol. The molecule has 2 aromatic rings. The van der Waals surface area contributed by atoms with Gasteiger partial charge in [-0.2, -0.15) is 0 Å². The van der Waals surface area contributed by atoms with Crippen LogP contribution in [-0.4, -0.2) is 61.0 Å². The van der Waals surface area contributed by atoms with Crippen molar-refractivity contribution in [3.8, 4) is 0 Å². The number of nitrogens with one attached hydrogen (secondary N) is 3. The van der Waals surface area contributed by atoms with E-state index in [9.17, 15) is 8.78 Å². The average Bonchev–Trinajstić information content (AvgIpc) is 3.05. The molecule has 0 aliphatic carbocycles. The number of rotatable bonds is 7. The minimum Gasteiger partial charge on any atom is -0.361 e. The van der Waals surface area contributed by atoms with Crippen molar-refractivity contribution < 1.29 is 8.78 Å². The van der Waals surface area contributed by atoms with Crippen molar-refractivity contribution >= 4 is 28.5 Å². The zero-order chi connectivity index (χ0) is 19.9. The summed E-state index contributed by atoms with van der Waals surface area (Å²) in [5.41, 5.74) is 2.27. The summed E-state index contributed by atoms with van der Waals surface area (Å²) in [6.07, 6.45) is 2.25. The van der Waals surface area contributed by atoms with Gasteiger partial charge in [-0.25, -0.2) is 8.78 Å². The lowest BCUT2D eigenvalue weighted by Gasteiger charge is -2.32. The molecule has 0 unspecified atom stereocenters.